The summed E-state index contributed by atoms with van der Waals surface area (Å²) in [4.78, 5) is 15.9. The lowest BCUT2D eigenvalue weighted by atomic mass is 10.1. The Morgan fingerprint density at radius 2 is 2.35 bits per heavy atom. The topological polar surface area (TPSA) is 68.0 Å². The van der Waals surface area contributed by atoms with E-state index in [4.69, 9.17) is 5.73 Å². The van der Waals surface area contributed by atoms with Crippen LogP contribution in [0.1, 0.15) is 29.9 Å². The second-order valence-electron chi connectivity index (χ2n) is 4.01. The molecular weight excluding hydrogens is 214 g/mol. The highest BCUT2D eigenvalue weighted by Crippen LogP contribution is 2.03. The average molecular weight is 231 g/mol. The molecule has 3 N–H and O–H groups in total. The van der Waals surface area contributed by atoms with Crippen molar-refractivity contribution < 1.29 is 4.79 Å². The van der Waals surface area contributed by atoms with Gasteiger partial charge in [0.05, 0.1) is 12.1 Å². The van der Waals surface area contributed by atoms with Crippen LogP contribution in [0, 0.1) is 17.8 Å². The fourth-order valence-corrected chi connectivity index (χ4v) is 1.21. The minimum Gasteiger partial charge on any atom is -0.350 e. The molecule has 1 aromatic heterocycles. The first-order valence-corrected chi connectivity index (χ1v) is 5.57. The van der Waals surface area contributed by atoms with Gasteiger partial charge in [0.15, 0.2) is 0 Å². The number of nitrogens with zero attached hydrogens (tertiary/aromatic N) is 1. The molecule has 90 valence electrons. The van der Waals surface area contributed by atoms with Crippen LogP contribution in [0.15, 0.2) is 18.3 Å². The highest BCUT2D eigenvalue weighted by molar-refractivity contribution is 5.94. The van der Waals surface area contributed by atoms with Gasteiger partial charge in [-0.15, -0.1) is 0 Å². The van der Waals surface area contributed by atoms with Gasteiger partial charge < -0.3 is 11.1 Å². The van der Waals surface area contributed by atoms with Gasteiger partial charge in [0, 0.05) is 12.7 Å². The van der Waals surface area contributed by atoms with E-state index >= 15 is 0 Å². The minimum atomic E-state index is -0.194. The summed E-state index contributed by atoms with van der Waals surface area (Å²) in [5.41, 5.74) is 6.27. The van der Waals surface area contributed by atoms with E-state index in [1.807, 2.05) is 13.8 Å². The maximum absolute atomic E-state index is 11.9. The molecule has 0 saturated carbocycles. The molecule has 0 aliphatic rings. The van der Waals surface area contributed by atoms with E-state index < -0.39 is 0 Å². The summed E-state index contributed by atoms with van der Waals surface area (Å²) in [7, 11) is 0. The Hall–Kier alpha value is -1.86. The standard InChI is InChI=1S/C13H17N3O/c1-10(2)9-16-13(17)12-11(5-3-7-14)6-4-8-15-12/h4,6,8,10H,7,9,14H2,1-2H3,(H,16,17). The number of aromatic nitrogens is 1. The molecule has 0 saturated heterocycles. The number of nitrogens with one attached hydrogen (secondary N) is 1. The van der Waals surface area contributed by atoms with Gasteiger partial charge in [-0.25, -0.2) is 4.98 Å². The number of pyridine rings is 1. The van der Waals surface area contributed by atoms with Crippen molar-refractivity contribution in [2.24, 2.45) is 11.7 Å². The van der Waals surface area contributed by atoms with E-state index in [0.717, 1.165) is 0 Å². The van der Waals surface area contributed by atoms with Crippen LogP contribution >= 0.6 is 0 Å². The minimum absolute atomic E-state index is 0.194. The Morgan fingerprint density at radius 1 is 1.59 bits per heavy atom. The van der Waals surface area contributed by atoms with Crippen LogP contribution < -0.4 is 11.1 Å². The van der Waals surface area contributed by atoms with E-state index in [1.165, 1.54) is 0 Å². The summed E-state index contributed by atoms with van der Waals surface area (Å²) in [5.74, 6) is 5.78. The van der Waals surface area contributed by atoms with E-state index in [0.29, 0.717) is 23.7 Å². The van der Waals surface area contributed by atoms with Crippen LogP contribution in [-0.4, -0.2) is 24.0 Å². The predicted molar refractivity (Wildman–Crippen MR) is 67.3 cm³/mol. The molecule has 17 heavy (non-hydrogen) atoms. The maximum atomic E-state index is 11.9. The average Bonchev–Trinajstić information content (AvgIpc) is 2.33. The lowest BCUT2D eigenvalue weighted by Gasteiger charge is -2.07. The molecule has 1 amide bonds. The number of amides is 1. The SMILES string of the molecule is CC(C)CNC(=O)c1ncccc1C#CCN. The van der Waals surface area contributed by atoms with Crippen molar-refractivity contribution in [3.8, 4) is 11.8 Å². The molecule has 0 unspecified atom stereocenters. The molecular formula is C13H17N3O. The molecule has 0 aliphatic carbocycles. The van der Waals surface area contributed by atoms with Crippen LogP contribution in [0.5, 0.6) is 0 Å². The summed E-state index contributed by atoms with van der Waals surface area (Å²) < 4.78 is 0. The third-order valence-electron chi connectivity index (χ3n) is 2.02. The Labute approximate surface area is 102 Å². The zero-order chi connectivity index (χ0) is 12.7. The zero-order valence-electron chi connectivity index (χ0n) is 10.2. The molecule has 0 atom stereocenters. The van der Waals surface area contributed by atoms with Gasteiger partial charge in [-0.2, -0.15) is 0 Å². The molecule has 1 aromatic rings. The Kier molecular flexibility index (Phi) is 5.18. The molecule has 0 radical (unpaired) electrons. The van der Waals surface area contributed by atoms with Gasteiger partial charge >= 0.3 is 0 Å². The third kappa shape index (κ3) is 4.25. The number of nitrogens with two attached hydrogens (primary N) is 1. The molecule has 0 fully saturated rings. The Balaban J connectivity index is 2.85. The van der Waals surface area contributed by atoms with Crippen LogP contribution in [0.2, 0.25) is 0 Å². The molecule has 0 aliphatic heterocycles. The van der Waals surface area contributed by atoms with Crippen LogP contribution in [0.3, 0.4) is 0 Å². The first-order chi connectivity index (χ1) is 8.15. The van der Waals surface area contributed by atoms with E-state index in [-0.39, 0.29) is 12.5 Å². The van der Waals surface area contributed by atoms with Crippen molar-refractivity contribution in [1.29, 1.82) is 0 Å². The zero-order valence-corrected chi connectivity index (χ0v) is 10.2. The number of rotatable bonds is 3. The molecule has 0 spiro atoms. The molecule has 1 heterocycles. The molecule has 0 aromatic carbocycles. The fraction of sp³-hybridized carbons (Fsp3) is 0.385. The van der Waals surface area contributed by atoms with Gasteiger partial charge in [-0.05, 0) is 18.1 Å². The Bertz CT molecular complexity index is 443. The number of carbonyl (C=O) groups excluding carboxylic acids is 1. The van der Waals surface area contributed by atoms with Crippen LogP contribution in [0.4, 0.5) is 0 Å². The van der Waals surface area contributed by atoms with Crippen molar-refractivity contribution in [2.75, 3.05) is 13.1 Å². The molecule has 4 nitrogen and oxygen atoms in total. The monoisotopic (exact) mass is 231 g/mol. The quantitative estimate of drug-likeness (QED) is 0.755. The van der Waals surface area contributed by atoms with Crippen molar-refractivity contribution in [3.63, 3.8) is 0 Å². The van der Waals surface area contributed by atoms with Gasteiger partial charge in [-0.3, -0.25) is 4.79 Å². The first kappa shape index (κ1) is 13.2. The Morgan fingerprint density at radius 3 is 3.00 bits per heavy atom. The third-order valence-corrected chi connectivity index (χ3v) is 2.02. The fourth-order valence-electron chi connectivity index (χ4n) is 1.21. The molecule has 1 rings (SSSR count). The summed E-state index contributed by atoms with van der Waals surface area (Å²) >= 11 is 0. The van der Waals surface area contributed by atoms with Crippen LogP contribution in [0.25, 0.3) is 0 Å². The number of hydrogen-bond acceptors (Lipinski definition) is 3. The molecule has 4 heteroatoms. The predicted octanol–water partition coefficient (Wildman–Crippen LogP) is 0.778. The first-order valence-electron chi connectivity index (χ1n) is 5.57. The van der Waals surface area contributed by atoms with Crippen molar-refractivity contribution >= 4 is 5.91 Å². The summed E-state index contributed by atoms with van der Waals surface area (Å²) in [5, 5.41) is 2.81. The van der Waals surface area contributed by atoms with Gasteiger partial charge in [0.1, 0.15) is 5.69 Å². The number of carbonyl (C=O) groups is 1. The smallest absolute Gasteiger partial charge is 0.271 e. The molecule has 0 bridgehead atoms. The highest BCUT2D eigenvalue weighted by atomic mass is 16.1. The second kappa shape index (κ2) is 6.66. The van der Waals surface area contributed by atoms with Crippen molar-refractivity contribution in [2.45, 2.75) is 13.8 Å². The number of hydrogen-bond donors (Lipinski definition) is 2. The lowest BCUT2D eigenvalue weighted by Crippen LogP contribution is -2.28. The summed E-state index contributed by atoms with van der Waals surface area (Å²) in [6, 6.07) is 3.51. The highest BCUT2D eigenvalue weighted by Gasteiger charge is 2.11. The van der Waals surface area contributed by atoms with Crippen molar-refractivity contribution in [3.05, 3.63) is 29.6 Å². The second-order valence-corrected chi connectivity index (χ2v) is 4.01. The van der Waals surface area contributed by atoms with Gasteiger partial charge in [0.2, 0.25) is 0 Å². The van der Waals surface area contributed by atoms with Crippen molar-refractivity contribution in [1.82, 2.24) is 10.3 Å². The summed E-state index contributed by atoms with van der Waals surface area (Å²) in [6.07, 6.45) is 1.58. The summed E-state index contributed by atoms with van der Waals surface area (Å²) in [6.45, 7) is 4.96. The largest absolute Gasteiger partial charge is 0.350 e. The van der Waals surface area contributed by atoms with E-state index in [1.54, 1.807) is 18.3 Å². The van der Waals surface area contributed by atoms with Gasteiger partial charge in [0.25, 0.3) is 5.91 Å². The van der Waals surface area contributed by atoms with Crippen LogP contribution in [-0.2, 0) is 0 Å². The lowest BCUT2D eigenvalue weighted by molar-refractivity contribution is 0.0944. The van der Waals surface area contributed by atoms with Gasteiger partial charge in [-0.1, -0.05) is 25.7 Å². The van der Waals surface area contributed by atoms with E-state index in [9.17, 15) is 4.79 Å². The van der Waals surface area contributed by atoms with E-state index in [2.05, 4.69) is 22.1 Å². The maximum Gasteiger partial charge on any atom is 0.271 e. The normalized spacial score (nSPS) is 9.65.